The highest BCUT2D eigenvalue weighted by Gasteiger charge is 2.23. The number of nitrogens with one attached hydrogen (secondary N) is 1. The molecule has 0 radical (unpaired) electrons. The van der Waals surface area contributed by atoms with E-state index in [9.17, 15) is 17.2 Å². The first-order valence-electron chi connectivity index (χ1n) is 11.8. The zero-order chi connectivity index (χ0) is 26.2. The first-order valence-corrected chi connectivity index (χ1v) is 13.3. The van der Waals surface area contributed by atoms with Gasteiger partial charge in [-0.3, -0.25) is 9.71 Å². The van der Waals surface area contributed by atoms with E-state index < -0.39 is 26.6 Å². The van der Waals surface area contributed by atoms with Crippen LogP contribution in [-0.4, -0.2) is 61.5 Å². The summed E-state index contributed by atoms with van der Waals surface area (Å²) in [6.45, 7) is 1.77. The second-order valence-electron chi connectivity index (χ2n) is 9.25. The third kappa shape index (κ3) is 5.23. The van der Waals surface area contributed by atoms with E-state index in [1.54, 1.807) is 18.6 Å². The molecule has 0 saturated carbocycles. The molecule has 4 aromatic rings. The number of nitrogens with zero attached hydrogens (tertiary/aromatic N) is 5. The molecule has 2 aromatic carbocycles. The quantitative estimate of drug-likeness (QED) is 0.402. The van der Waals surface area contributed by atoms with Gasteiger partial charge in [0.2, 0.25) is 0 Å². The van der Waals surface area contributed by atoms with Gasteiger partial charge < -0.3 is 9.80 Å². The lowest BCUT2D eigenvalue weighted by Gasteiger charge is -2.36. The van der Waals surface area contributed by atoms with Crippen molar-refractivity contribution in [3.05, 3.63) is 72.8 Å². The summed E-state index contributed by atoms with van der Waals surface area (Å²) in [7, 11) is -0.0836. The Morgan fingerprint density at radius 2 is 1.76 bits per heavy atom. The molecular formula is C26H26F2N6O2S. The lowest BCUT2D eigenvalue weighted by atomic mass is 10.0. The Labute approximate surface area is 214 Å². The maximum Gasteiger partial charge on any atom is 0.264 e. The number of piperidine rings is 1. The number of hydrogen-bond acceptors (Lipinski definition) is 7. The van der Waals surface area contributed by atoms with E-state index in [-0.39, 0.29) is 5.69 Å². The van der Waals surface area contributed by atoms with Crippen LogP contribution in [0.3, 0.4) is 0 Å². The normalized spacial score (nSPS) is 14.9. The summed E-state index contributed by atoms with van der Waals surface area (Å²) in [6, 6.07) is 10.2. The van der Waals surface area contributed by atoms with Crippen LogP contribution in [0.25, 0.3) is 22.0 Å². The number of benzene rings is 2. The van der Waals surface area contributed by atoms with Crippen LogP contribution >= 0.6 is 0 Å². The molecule has 1 N–H and O–H groups in total. The summed E-state index contributed by atoms with van der Waals surface area (Å²) in [5.41, 5.74) is 2.41. The Morgan fingerprint density at radius 3 is 2.49 bits per heavy atom. The van der Waals surface area contributed by atoms with Crippen LogP contribution in [0.15, 0.2) is 66.1 Å². The molecule has 0 bridgehead atoms. The fourth-order valence-corrected chi connectivity index (χ4v) is 5.72. The Morgan fingerprint density at radius 1 is 0.973 bits per heavy atom. The van der Waals surface area contributed by atoms with Crippen molar-refractivity contribution >= 4 is 32.4 Å². The molecule has 1 saturated heterocycles. The summed E-state index contributed by atoms with van der Waals surface area (Å²) in [6.07, 6.45) is 6.59. The Hall–Kier alpha value is -3.70. The third-order valence-corrected chi connectivity index (χ3v) is 8.03. The Balaban J connectivity index is 1.44. The highest BCUT2D eigenvalue weighted by Crippen LogP contribution is 2.31. The van der Waals surface area contributed by atoms with Gasteiger partial charge in [-0.05, 0) is 62.8 Å². The van der Waals surface area contributed by atoms with E-state index in [2.05, 4.69) is 43.6 Å². The Bertz CT molecular complexity index is 1560. The minimum Gasteiger partial charge on any atom is -0.356 e. The number of anilines is 2. The van der Waals surface area contributed by atoms with Gasteiger partial charge in [-0.15, -0.1) is 0 Å². The number of halogens is 2. The smallest absolute Gasteiger partial charge is 0.264 e. The molecule has 192 valence electrons. The average Bonchev–Trinajstić information content (AvgIpc) is 2.87. The van der Waals surface area contributed by atoms with Crippen molar-refractivity contribution in [2.45, 2.75) is 23.8 Å². The molecule has 5 rings (SSSR count). The van der Waals surface area contributed by atoms with Crippen molar-refractivity contribution in [1.82, 2.24) is 19.9 Å². The first-order chi connectivity index (χ1) is 17.7. The van der Waals surface area contributed by atoms with Gasteiger partial charge >= 0.3 is 0 Å². The topological polar surface area (TPSA) is 91.3 Å². The van der Waals surface area contributed by atoms with Gasteiger partial charge in [0.15, 0.2) is 0 Å². The molecule has 1 aliphatic rings. The van der Waals surface area contributed by atoms with E-state index in [4.69, 9.17) is 0 Å². The molecule has 0 spiro atoms. The van der Waals surface area contributed by atoms with Crippen molar-refractivity contribution < 1.29 is 17.2 Å². The van der Waals surface area contributed by atoms with Crippen molar-refractivity contribution in [3.63, 3.8) is 0 Å². The average molecular weight is 525 g/mol. The third-order valence-electron chi connectivity index (χ3n) is 6.62. The first kappa shape index (κ1) is 25.0. The molecule has 0 amide bonds. The fraction of sp³-hybridized carbons (Fsp3) is 0.269. The summed E-state index contributed by atoms with van der Waals surface area (Å²) in [5.74, 6) is -1.17. The highest BCUT2D eigenvalue weighted by molar-refractivity contribution is 7.92. The molecule has 37 heavy (non-hydrogen) atoms. The van der Waals surface area contributed by atoms with Gasteiger partial charge in [0.25, 0.3) is 10.0 Å². The van der Waals surface area contributed by atoms with Gasteiger partial charge in [0.1, 0.15) is 28.7 Å². The van der Waals surface area contributed by atoms with Crippen LogP contribution < -0.4 is 9.62 Å². The van der Waals surface area contributed by atoms with Gasteiger partial charge in [-0.1, -0.05) is 6.07 Å². The van der Waals surface area contributed by atoms with Gasteiger partial charge in [0, 0.05) is 42.3 Å². The van der Waals surface area contributed by atoms with Crippen molar-refractivity contribution in [2.24, 2.45) is 0 Å². The maximum absolute atomic E-state index is 14.1. The molecule has 3 heterocycles. The van der Waals surface area contributed by atoms with Crippen LogP contribution in [0.2, 0.25) is 0 Å². The minimum absolute atomic E-state index is 0.150. The second-order valence-corrected chi connectivity index (χ2v) is 10.9. The number of hydrogen-bond donors (Lipinski definition) is 1. The lowest BCUT2D eigenvalue weighted by molar-refractivity contribution is 0.249. The summed E-state index contributed by atoms with van der Waals surface area (Å²) in [4.78, 5) is 17.0. The number of fused-ring (bicyclic) bond motifs is 1. The zero-order valence-electron chi connectivity index (χ0n) is 20.4. The van der Waals surface area contributed by atoms with Crippen LogP contribution in [-0.2, 0) is 10.0 Å². The summed E-state index contributed by atoms with van der Waals surface area (Å²) >= 11 is 0. The number of aromatic nitrogens is 3. The highest BCUT2D eigenvalue weighted by atomic mass is 32.2. The SMILES string of the molecule is CN(C)C1CCN(c2ncnc3ccc(-c4cncc(NS(=O)(=O)c5ccc(F)cc5F)c4)cc23)CC1. The standard InChI is InChI=1S/C26H26F2N6O2S/c1-33(2)21-7-9-34(10-8-21)26-22-12-17(3-5-24(22)30-16-31-26)18-11-20(15-29-14-18)32-37(35,36)25-6-4-19(27)13-23(25)28/h3-6,11-16,21,32H,7-10H2,1-2H3. The van der Waals surface area contributed by atoms with Crippen LogP contribution in [0.5, 0.6) is 0 Å². The van der Waals surface area contributed by atoms with Gasteiger partial charge in [0.05, 0.1) is 17.4 Å². The number of rotatable bonds is 6. The predicted octanol–water partition coefficient (Wildman–Crippen LogP) is 4.30. The predicted molar refractivity (Wildman–Crippen MR) is 139 cm³/mol. The molecule has 8 nitrogen and oxygen atoms in total. The summed E-state index contributed by atoms with van der Waals surface area (Å²) < 4.78 is 55.1. The molecule has 1 aliphatic heterocycles. The number of sulfonamides is 1. The molecule has 0 aliphatic carbocycles. The van der Waals surface area contributed by atoms with Gasteiger partial charge in [-0.2, -0.15) is 0 Å². The van der Waals surface area contributed by atoms with Crippen LogP contribution in [0.4, 0.5) is 20.3 Å². The van der Waals surface area contributed by atoms with Crippen molar-refractivity contribution in [2.75, 3.05) is 36.8 Å². The molecular weight excluding hydrogens is 498 g/mol. The minimum atomic E-state index is -4.29. The fourth-order valence-electron chi connectivity index (χ4n) is 4.63. The van der Waals surface area contributed by atoms with Crippen molar-refractivity contribution in [1.29, 1.82) is 0 Å². The van der Waals surface area contributed by atoms with E-state index in [1.165, 1.54) is 6.20 Å². The van der Waals surface area contributed by atoms with Crippen LogP contribution in [0.1, 0.15) is 12.8 Å². The van der Waals surface area contributed by atoms with Crippen LogP contribution in [0, 0.1) is 11.6 Å². The van der Waals surface area contributed by atoms with E-state index >= 15 is 0 Å². The molecule has 1 fully saturated rings. The van der Waals surface area contributed by atoms with E-state index in [0.29, 0.717) is 17.7 Å². The summed E-state index contributed by atoms with van der Waals surface area (Å²) in [5, 5.41) is 0.891. The molecule has 0 unspecified atom stereocenters. The molecule has 2 aromatic heterocycles. The number of pyridine rings is 1. The zero-order valence-corrected chi connectivity index (χ0v) is 21.2. The van der Waals surface area contributed by atoms with E-state index in [1.807, 2.05) is 18.2 Å². The largest absolute Gasteiger partial charge is 0.356 e. The van der Waals surface area contributed by atoms with Crippen molar-refractivity contribution in [3.8, 4) is 11.1 Å². The molecule has 11 heteroatoms. The maximum atomic E-state index is 14.1. The molecule has 0 atom stereocenters. The monoisotopic (exact) mass is 524 g/mol. The Kier molecular flexibility index (Phi) is 6.74. The van der Waals surface area contributed by atoms with Gasteiger partial charge in [-0.25, -0.2) is 27.2 Å². The lowest BCUT2D eigenvalue weighted by Crippen LogP contribution is -2.42. The van der Waals surface area contributed by atoms with E-state index in [0.717, 1.165) is 60.3 Å². The second kappa shape index (κ2) is 9.98.